The number of aryl methyl sites for hydroxylation is 1. The first-order valence-electron chi connectivity index (χ1n) is 6.88. The summed E-state index contributed by atoms with van der Waals surface area (Å²) < 4.78 is 3.84. The smallest absolute Gasteiger partial charge is 0.0999 e. The quantitative estimate of drug-likeness (QED) is 0.774. The molecule has 0 radical (unpaired) electrons. The van der Waals surface area contributed by atoms with Crippen LogP contribution in [0.1, 0.15) is 25.0 Å². The van der Waals surface area contributed by atoms with Crippen molar-refractivity contribution in [3.8, 4) is 0 Å². The molecular formula is C15H18N4O. The molecule has 2 heterocycles. The molecule has 3 rings (SSSR count). The van der Waals surface area contributed by atoms with E-state index in [1.54, 1.807) is 12.5 Å². The largest absolute Gasteiger partial charge is 0.386 e. The van der Waals surface area contributed by atoms with Gasteiger partial charge < -0.3 is 9.67 Å². The lowest BCUT2D eigenvalue weighted by molar-refractivity contribution is 0.158. The Morgan fingerprint density at radius 1 is 1.30 bits per heavy atom. The van der Waals surface area contributed by atoms with Crippen LogP contribution in [0, 0.1) is 0 Å². The van der Waals surface area contributed by atoms with Crippen LogP contribution in [0.15, 0.2) is 43.0 Å². The zero-order valence-electron chi connectivity index (χ0n) is 11.5. The second kappa shape index (κ2) is 5.46. The number of aromatic nitrogens is 4. The molecule has 1 aromatic carbocycles. The molecule has 0 aliphatic heterocycles. The summed E-state index contributed by atoms with van der Waals surface area (Å²) in [5.41, 5.74) is 2.82. The average Bonchev–Trinajstić information content (AvgIpc) is 3.07. The van der Waals surface area contributed by atoms with Crippen LogP contribution >= 0.6 is 0 Å². The molecule has 5 nitrogen and oxygen atoms in total. The molecule has 0 saturated carbocycles. The fourth-order valence-electron chi connectivity index (χ4n) is 2.35. The Morgan fingerprint density at radius 3 is 3.00 bits per heavy atom. The van der Waals surface area contributed by atoms with E-state index < -0.39 is 6.10 Å². The third kappa shape index (κ3) is 2.44. The van der Waals surface area contributed by atoms with Gasteiger partial charge in [-0.2, -0.15) is 5.10 Å². The molecule has 0 saturated heterocycles. The summed E-state index contributed by atoms with van der Waals surface area (Å²) in [4.78, 5) is 4.33. The lowest BCUT2D eigenvalue weighted by Crippen LogP contribution is -2.07. The number of para-hydroxylation sites is 2. The first kappa shape index (κ1) is 12.9. The minimum atomic E-state index is -0.571. The highest BCUT2D eigenvalue weighted by Gasteiger charge is 2.12. The molecule has 1 atom stereocenters. The summed E-state index contributed by atoms with van der Waals surface area (Å²) in [6.07, 6.45) is 5.87. The molecule has 3 aromatic rings. The number of benzene rings is 1. The zero-order chi connectivity index (χ0) is 13.9. The van der Waals surface area contributed by atoms with Crippen molar-refractivity contribution in [3.05, 3.63) is 48.5 Å². The Bertz CT molecular complexity index is 701. The summed E-state index contributed by atoms with van der Waals surface area (Å²) in [6.45, 7) is 3.47. The van der Waals surface area contributed by atoms with Gasteiger partial charge in [0.1, 0.15) is 0 Å². The van der Waals surface area contributed by atoms with Crippen molar-refractivity contribution >= 4 is 11.0 Å². The Kier molecular flexibility index (Phi) is 3.52. The van der Waals surface area contributed by atoms with E-state index in [-0.39, 0.29) is 0 Å². The van der Waals surface area contributed by atoms with Crippen molar-refractivity contribution in [1.82, 2.24) is 19.3 Å². The van der Waals surface area contributed by atoms with Gasteiger partial charge in [0, 0.05) is 18.3 Å². The fraction of sp³-hybridized carbons (Fsp3) is 0.333. The Morgan fingerprint density at radius 2 is 2.15 bits per heavy atom. The van der Waals surface area contributed by atoms with Crippen LogP contribution in [0.4, 0.5) is 0 Å². The van der Waals surface area contributed by atoms with Gasteiger partial charge in [-0.25, -0.2) is 4.98 Å². The van der Waals surface area contributed by atoms with Crippen molar-refractivity contribution in [2.45, 2.75) is 32.5 Å². The third-order valence-electron chi connectivity index (χ3n) is 3.39. The topological polar surface area (TPSA) is 55.9 Å². The van der Waals surface area contributed by atoms with Crippen molar-refractivity contribution in [2.75, 3.05) is 0 Å². The van der Waals surface area contributed by atoms with Gasteiger partial charge in [0.05, 0.1) is 36.2 Å². The number of hydrogen-bond acceptors (Lipinski definition) is 3. The number of rotatable bonds is 5. The van der Waals surface area contributed by atoms with E-state index in [0.29, 0.717) is 6.54 Å². The van der Waals surface area contributed by atoms with Crippen LogP contribution < -0.4 is 0 Å². The highest BCUT2D eigenvalue weighted by molar-refractivity contribution is 5.74. The monoisotopic (exact) mass is 270 g/mol. The van der Waals surface area contributed by atoms with Gasteiger partial charge in [0.25, 0.3) is 0 Å². The summed E-state index contributed by atoms with van der Waals surface area (Å²) in [5, 5.41) is 14.6. The van der Waals surface area contributed by atoms with E-state index in [4.69, 9.17) is 0 Å². The molecule has 0 bridgehead atoms. The maximum Gasteiger partial charge on any atom is 0.0999 e. The van der Waals surface area contributed by atoms with Gasteiger partial charge in [-0.05, 0) is 18.6 Å². The number of aliphatic hydroxyl groups excluding tert-OH is 1. The van der Waals surface area contributed by atoms with Crippen LogP contribution in [-0.4, -0.2) is 24.4 Å². The standard InChI is InChI=1S/C15H18N4O/c1-2-7-19-9-12(8-17-19)15(20)10-18-11-16-13-5-3-4-6-14(13)18/h3-6,8-9,11,15,20H,2,7,10H2,1H3. The summed E-state index contributed by atoms with van der Waals surface area (Å²) in [6, 6.07) is 7.92. The molecule has 2 aromatic heterocycles. The summed E-state index contributed by atoms with van der Waals surface area (Å²) >= 11 is 0. The molecule has 0 spiro atoms. The van der Waals surface area contributed by atoms with E-state index in [1.165, 1.54) is 0 Å². The van der Waals surface area contributed by atoms with E-state index in [1.807, 2.05) is 39.7 Å². The number of nitrogens with zero attached hydrogens (tertiary/aromatic N) is 4. The lowest BCUT2D eigenvalue weighted by atomic mass is 10.2. The number of fused-ring (bicyclic) bond motifs is 1. The van der Waals surface area contributed by atoms with E-state index in [0.717, 1.165) is 29.6 Å². The first-order chi connectivity index (χ1) is 9.78. The number of hydrogen-bond donors (Lipinski definition) is 1. The van der Waals surface area contributed by atoms with Crippen molar-refractivity contribution in [1.29, 1.82) is 0 Å². The Balaban J connectivity index is 1.79. The minimum Gasteiger partial charge on any atom is -0.386 e. The van der Waals surface area contributed by atoms with Crippen LogP contribution in [0.2, 0.25) is 0 Å². The Labute approximate surface area is 117 Å². The third-order valence-corrected chi connectivity index (χ3v) is 3.39. The maximum atomic E-state index is 10.3. The van der Waals surface area contributed by atoms with Crippen molar-refractivity contribution in [3.63, 3.8) is 0 Å². The SMILES string of the molecule is CCCn1cc(C(O)Cn2cnc3ccccc32)cn1. The first-order valence-corrected chi connectivity index (χ1v) is 6.88. The van der Waals surface area contributed by atoms with Gasteiger partial charge in [0.2, 0.25) is 0 Å². The molecule has 1 N–H and O–H groups in total. The zero-order valence-corrected chi connectivity index (χ0v) is 11.5. The molecule has 0 aliphatic carbocycles. The molecule has 20 heavy (non-hydrogen) atoms. The summed E-state index contributed by atoms with van der Waals surface area (Å²) in [7, 11) is 0. The van der Waals surface area contributed by atoms with Crippen LogP contribution in [0.3, 0.4) is 0 Å². The highest BCUT2D eigenvalue weighted by atomic mass is 16.3. The van der Waals surface area contributed by atoms with Gasteiger partial charge in [-0.3, -0.25) is 4.68 Å². The second-order valence-corrected chi connectivity index (χ2v) is 4.94. The van der Waals surface area contributed by atoms with Crippen molar-refractivity contribution < 1.29 is 5.11 Å². The van der Waals surface area contributed by atoms with Gasteiger partial charge >= 0.3 is 0 Å². The molecule has 0 aliphatic rings. The maximum absolute atomic E-state index is 10.3. The van der Waals surface area contributed by atoms with Crippen LogP contribution in [0.25, 0.3) is 11.0 Å². The van der Waals surface area contributed by atoms with Crippen LogP contribution in [0.5, 0.6) is 0 Å². The molecular weight excluding hydrogens is 252 g/mol. The summed E-state index contributed by atoms with van der Waals surface area (Å²) in [5.74, 6) is 0. The highest BCUT2D eigenvalue weighted by Crippen LogP contribution is 2.18. The number of imidazole rings is 1. The molecule has 0 amide bonds. The number of aliphatic hydroxyl groups is 1. The molecule has 104 valence electrons. The predicted molar refractivity (Wildman–Crippen MR) is 77.2 cm³/mol. The molecule has 0 fully saturated rings. The predicted octanol–water partition coefficient (Wildman–Crippen LogP) is 2.38. The lowest BCUT2D eigenvalue weighted by Gasteiger charge is -2.10. The van der Waals surface area contributed by atoms with Gasteiger partial charge in [0.15, 0.2) is 0 Å². The van der Waals surface area contributed by atoms with E-state index >= 15 is 0 Å². The van der Waals surface area contributed by atoms with E-state index in [9.17, 15) is 5.11 Å². The minimum absolute atomic E-state index is 0.484. The van der Waals surface area contributed by atoms with Crippen LogP contribution in [-0.2, 0) is 13.1 Å². The van der Waals surface area contributed by atoms with E-state index in [2.05, 4.69) is 17.0 Å². The Hall–Kier alpha value is -2.14. The normalized spacial score (nSPS) is 12.9. The average molecular weight is 270 g/mol. The van der Waals surface area contributed by atoms with Gasteiger partial charge in [-0.15, -0.1) is 0 Å². The van der Waals surface area contributed by atoms with Crippen molar-refractivity contribution in [2.24, 2.45) is 0 Å². The second-order valence-electron chi connectivity index (χ2n) is 4.94. The van der Waals surface area contributed by atoms with Gasteiger partial charge in [-0.1, -0.05) is 19.1 Å². The molecule has 5 heteroatoms. The fourth-order valence-corrected chi connectivity index (χ4v) is 2.35. The molecule has 1 unspecified atom stereocenters.